The van der Waals surface area contributed by atoms with Crippen LogP contribution in [0.3, 0.4) is 0 Å². The van der Waals surface area contributed by atoms with Crippen LogP contribution in [0.1, 0.15) is 18.2 Å². The fourth-order valence-corrected chi connectivity index (χ4v) is 2.28. The molecule has 16 heavy (non-hydrogen) atoms. The molecule has 1 aromatic rings. The molecule has 0 saturated heterocycles. The van der Waals surface area contributed by atoms with Gasteiger partial charge in [-0.25, -0.2) is 0 Å². The molecule has 0 saturated carbocycles. The molecule has 0 radical (unpaired) electrons. The van der Waals surface area contributed by atoms with Crippen molar-refractivity contribution in [3.63, 3.8) is 0 Å². The van der Waals surface area contributed by atoms with Gasteiger partial charge < -0.3 is 10.6 Å². The van der Waals surface area contributed by atoms with Crippen LogP contribution in [0, 0.1) is 0 Å². The van der Waals surface area contributed by atoms with Crippen LogP contribution in [0.15, 0.2) is 17.5 Å². The van der Waals surface area contributed by atoms with Crippen LogP contribution < -0.4 is 5.73 Å². The van der Waals surface area contributed by atoms with Gasteiger partial charge in [0, 0.05) is 11.4 Å². The normalized spacial score (nSPS) is 10.1. The first kappa shape index (κ1) is 13.1. The first-order chi connectivity index (χ1) is 7.63. The Kier molecular flexibility index (Phi) is 5.42. The monoisotopic (exact) mass is 256 g/mol. The van der Waals surface area contributed by atoms with Crippen molar-refractivity contribution in [1.82, 2.24) is 4.90 Å². The highest BCUT2D eigenvalue weighted by Crippen LogP contribution is 2.10. The second-order valence-electron chi connectivity index (χ2n) is 3.54. The van der Waals surface area contributed by atoms with Crippen molar-refractivity contribution in [1.29, 1.82) is 0 Å². The minimum atomic E-state index is 0.0945. The highest BCUT2D eigenvalue weighted by Gasteiger charge is 2.14. The largest absolute Gasteiger partial charge is 0.392 e. The van der Waals surface area contributed by atoms with Crippen molar-refractivity contribution in [2.45, 2.75) is 19.8 Å². The summed E-state index contributed by atoms with van der Waals surface area (Å²) in [5.74, 6) is 0.0945. The molecule has 1 heterocycles. The van der Waals surface area contributed by atoms with Crippen LogP contribution >= 0.6 is 23.6 Å². The fraction of sp³-hybridized carbons (Fsp3) is 0.455. The number of carbonyl (C=O) groups is 1. The Bertz CT molecular complexity index is 349. The number of amides is 1. The topological polar surface area (TPSA) is 46.3 Å². The Hall–Kier alpha value is -0.940. The summed E-state index contributed by atoms with van der Waals surface area (Å²) < 4.78 is 0. The van der Waals surface area contributed by atoms with E-state index in [1.165, 1.54) is 0 Å². The Balaban J connectivity index is 2.56. The van der Waals surface area contributed by atoms with E-state index in [4.69, 9.17) is 18.0 Å². The average molecular weight is 256 g/mol. The summed E-state index contributed by atoms with van der Waals surface area (Å²) in [5.41, 5.74) is 5.47. The summed E-state index contributed by atoms with van der Waals surface area (Å²) in [6.07, 6.45) is 1.36. The molecule has 3 nitrogen and oxygen atoms in total. The zero-order chi connectivity index (χ0) is 12.0. The second-order valence-corrected chi connectivity index (χ2v) is 5.09. The van der Waals surface area contributed by atoms with Gasteiger partial charge in [0.2, 0.25) is 5.91 Å². The lowest BCUT2D eigenvalue weighted by molar-refractivity contribution is -0.129. The molecule has 0 unspecified atom stereocenters. The van der Waals surface area contributed by atoms with Gasteiger partial charge in [0.25, 0.3) is 0 Å². The summed E-state index contributed by atoms with van der Waals surface area (Å²) in [7, 11) is 0. The molecule has 0 aliphatic carbocycles. The lowest BCUT2D eigenvalue weighted by Crippen LogP contribution is -2.38. The molecule has 0 aromatic carbocycles. The smallest absolute Gasteiger partial charge is 0.228 e. The maximum Gasteiger partial charge on any atom is 0.228 e. The number of rotatable bonds is 6. The van der Waals surface area contributed by atoms with Crippen molar-refractivity contribution in [3.05, 3.63) is 22.4 Å². The van der Waals surface area contributed by atoms with Crippen LogP contribution in [0.2, 0.25) is 0 Å². The maximum atomic E-state index is 12.0. The standard InChI is InChI=1S/C11H16N2OS2/c1-2-5-13(8-10(12)15)11(14)7-9-4-3-6-16-9/h3-4,6H,2,5,7-8H2,1H3,(H2,12,15). The van der Waals surface area contributed by atoms with E-state index in [2.05, 4.69) is 0 Å². The van der Waals surface area contributed by atoms with Crippen molar-refractivity contribution in [3.8, 4) is 0 Å². The lowest BCUT2D eigenvalue weighted by Gasteiger charge is -2.21. The van der Waals surface area contributed by atoms with Crippen LogP contribution in [0.4, 0.5) is 0 Å². The van der Waals surface area contributed by atoms with Crippen LogP contribution in [-0.4, -0.2) is 28.9 Å². The molecule has 2 N–H and O–H groups in total. The number of hydrogen-bond donors (Lipinski definition) is 1. The number of carbonyl (C=O) groups excluding carboxylic acids is 1. The number of thiocarbonyl (C=S) groups is 1. The minimum absolute atomic E-state index is 0.0945. The summed E-state index contributed by atoms with van der Waals surface area (Å²) in [6.45, 7) is 3.12. The predicted octanol–water partition coefficient (Wildman–Crippen LogP) is 1.82. The number of nitrogens with two attached hydrogens (primary N) is 1. The van der Waals surface area contributed by atoms with E-state index in [0.717, 1.165) is 11.3 Å². The molecular weight excluding hydrogens is 240 g/mol. The number of thiophene rings is 1. The molecule has 0 fully saturated rings. The molecule has 0 atom stereocenters. The average Bonchev–Trinajstić information content (AvgIpc) is 2.69. The quantitative estimate of drug-likeness (QED) is 0.790. The van der Waals surface area contributed by atoms with Crippen LogP contribution in [-0.2, 0) is 11.2 Å². The predicted molar refractivity (Wildman–Crippen MR) is 71.7 cm³/mol. The van der Waals surface area contributed by atoms with Crippen LogP contribution in [0.5, 0.6) is 0 Å². The zero-order valence-corrected chi connectivity index (χ0v) is 10.9. The molecule has 0 bridgehead atoms. The van der Waals surface area contributed by atoms with Crippen molar-refractivity contribution < 1.29 is 4.79 Å². The van der Waals surface area contributed by atoms with Gasteiger partial charge in [0.05, 0.1) is 18.0 Å². The molecule has 5 heteroatoms. The van der Waals surface area contributed by atoms with Gasteiger partial charge in [0.15, 0.2) is 0 Å². The minimum Gasteiger partial charge on any atom is -0.392 e. The van der Waals surface area contributed by atoms with Gasteiger partial charge in [-0.3, -0.25) is 4.79 Å². The Labute approximate surface area is 105 Å². The Morgan fingerprint density at radius 3 is 2.88 bits per heavy atom. The van der Waals surface area contributed by atoms with Crippen molar-refractivity contribution >= 4 is 34.5 Å². The lowest BCUT2D eigenvalue weighted by atomic mass is 10.3. The van der Waals surface area contributed by atoms with E-state index in [9.17, 15) is 4.79 Å². The molecule has 0 spiro atoms. The molecule has 1 rings (SSSR count). The molecule has 1 amide bonds. The van der Waals surface area contributed by atoms with Gasteiger partial charge >= 0.3 is 0 Å². The second kappa shape index (κ2) is 6.60. The van der Waals surface area contributed by atoms with Crippen molar-refractivity contribution in [2.75, 3.05) is 13.1 Å². The van der Waals surface area contributed by atoms with Gasteiger partial charge in [-0.1, -0.05) is 25.2 Å². The number of nitrogens with zero attached hydrogens (tertiary/aromatic N) is 1. The van der Waals surface area contributed by atoms with Gasteiger partial charge in [-0.15, -0.1) is 11.3 Å². The highest BCUT2D eigenvalue weighted by atomic mass is 32.1. The number of hydrogen-bond acceptors (Lipinski definition) is 3. The Morgan fingerprint density at radius 1 is 1.62 bits per heavy atom. The first-order valence-corrected chi connectivity index (χ1v) is 6.50. The molecule has 1 aromatic heterocycles. The summed E-state index contributed by atoms with van der Waals surface area (Å²) >= 11 is 6.43. The zero-order valence-electron chi connectivity index (χ0n) is 9.31. The third-order valence-electron chi connectivity index (χ3n) is 2.10. The summed E-state index contributed by atoms with van der Waals surface area (Å²) in [5, 5.41) is 1.97. The van der Waals surface area contributed by atoms with E-state index >= 15 is 0 Å². The van der Waals surface area contributed by atoms with E-state index in [0.29, 0.717) is 24.5 Å². The first-order valence-electron chi connectivity index (χ1n) is 5.22. The van der Waals surface area contributed by atoms with E-state index in [-0.39, 0.29) is 5.91 Å². The fourth-order valence-electron chi connectivity index (χ4n) is 1.42. The van der Waals surface area contributed by atoms with Gasteiger partial charge in [-0.05, 0) is 17.9 Å². The molecular formula is C11H16N2OS2. The summed E-state index contributed by atoms with van der Waals surface area (Å²) in [6, 6.07) is 3.92. The van der Waals surface area contributed by atoms with Gasteiger partial charge in [-0.2, -0.15) is 0 Å². The van der Waals surface area contributed by atoms with E-state index in [1.54, 1.807) is 16.2 Å². The summed E-state index contributed by atoms with van der Waals surface area (Å²) in [4.78, 5) is 15.1. The van der Waals surface area contributed by atoms with E-state index < -0.39 is 0 Å². The third-order valence-corrected chi connectivity index (χ3v) is 3.10. The highest BCUT2D eigenvalue weighted by molar-refractivity contribution is 7.80. The van der Waals surface area contributed by atoms with Gasteiger partial charge in [0.1, 0.15) is 0 Å². The molecule has 0 aliphatic heterocycles. The molecule has 88 valence electrons. The third kappa shape index (κ3) is 4.28. The van der Waals surface area contributed by atoms with E-state index in [1.807, 2.05) is 24.4 Å². The van der Waals surface area contributed by atoms with Crippen LogP contribution in [0.25, 0.3) is 0 Å². The van der Waals surface area contributed by atoms with Crippen molar-refractivity contribution in [2.24, 2.45) is 5.73 Å². The molecule has 0 aliphatic rings. The maximum absolute atomic E-state index is 12.0. The SMILES string of the molecule is CCCN(CC(N)=S)C(=O)Cc1cccs1. The Morgan fingerprint density at radius 2 is 2.38 bits per heavy atom.